The van der Waals surface area contributed by atoms with Crippen molar-refractivity contribution in [3.63, 3.8) is 0 Å². The van der Waals surface area contributed by atoms with E-state index in [0.29, 0.717) is 17.5 Å². The largest absolute Gasteiger partial charge is 0.496 e. The summed E-state index contributed by atoms with van der Waals surface area (Å²) in [4.78, 5) is 4.53. The van der Waals surface area contributed by atoms with Crippen LogP contribution < -0.4 is 4.74 Å². The molecule has 126 valence electrons. The molecule has 0 amide bonds. The Morgan fingerprint density at radius 3 is 2.64 bits per heavy atom. The van der Waals surface area contributed by atoms with Gasteiger partial charge in [0.05, 0.1) is 23.8 Å². The molecular weight excluding hydrogens is 318 g/mol. The summed E-state index contributed by atoms with van der Waals surface area (Å²) in [6.07, 6.45) is 0. The van der Waals surface area contributed by atoms with Gasteiger partial charge in [0.1, 0.15) is 11.3 Å². The summed E-state index contributed by atoms with van der Waals surface area (Å²) in [5.41, 5.74) is 3.21. The molecule has 0 fully saturated rings. The second-order valence-corrected chi connectivity index (χ2v) is 5.92. The van der Waals surface area contributed by atoms with E-state index >= 15 is 0 Å². The number of hydrogen-bond acceptors (Lipinski definition) is 6. The molecule has 0 unspecified atom stereocenters. The van der Waals surface area contributed by atoms with Gasteiger partial charge in [0.2, 0.25) is 5.82 Å². The summed E-state index contributed by atoms with van der Waals surface area (Å²) in [6, 6.07) is 13.6. The summed E-state index contributed by atoms with van der Waals surface area (Å²) in [5, 5.41) is 12.6. The van der Waals surface area contributed by atoms with Crippen LogP contribution in [0.25, 0.3) is 33.9 Å². The maximum Gasteiger partial charge on any atom is 0.260 e. The lowest BCUT2D eigenvalue weighted by Gasteiger charge is -2.05. The van der Waals surface area contributed by atoms with Crippen LogP contribution in [0.4, 0.5) is 0 Å². The van der Waals surface area contributed by atoms with E-state index in [-0.39, 0.29) is 6.04 Å². The molecule has 0 saturated carbocycles. The van der Waals surface area contributed by atoms with E-state index in [1.165, 1.54) is 0 Å². The van der Waals surface area contributed by atoms with Gasteiger partial charge in [-0.15, -0.1) is 5.10 Å². The van der Waals surface area contributed by atoms with E-state index in [0.717, 1.165) is 22.2 Å². The number of para-hydroxylation sites is 1. The monoisotopic (exact) mass is 335 g/mol. The molecule has 2 aromatic carbocycles. The number of nitrogens with zero attached hydrogens (tertiary/aromatic N) is 5. The predicted octanol–water partition coefficient (Wildman–Crippen LogP) is 3.74. The zero-order valence-corrected chi connectivity index (χ0v) is 14.2. The number of aromatic nitrogens is 5. The molecule has 7 heteroatoms. The molecule has 7 nitrogen and oxygen atoms in total. The smallest absolute Gasteiger partial charge is 0.260 e. The van der Waals surface area contributed by atoms with Crippen LogP contribution in [0.15, 0.2) is 47.0 Å². The topological polar surface area (TPSA) is 78.9 Å². The summed E-state index contributed by atoms with van der Waals surface area (Å²) in [7, 11) is 1.62. The average molecular weight is 335 g/mol. The van der Waals surface area contributed by atoms with E-state index in [1.54, 1.807) is 7.11 Å². The average Bonchev–Trinajstić information content (AvgIpc) is 3.28. The molecule has 0 aliphatic rings. The van der Waals surface area contributed by atoms with Gasteiger partial charge in [0, 0.05) is 6.04 Å². The van der Waals surface area contributed by atoms with Crippen molar-refractivity contribution in [1.82, 2.24) is 25.1 Å². The fourth-order valence-corrected chi connectivity index (χ4v) is 2.79. The summed E-state index contributed by atoms with van der Waals surface area (Å²) < 4.78 is 12.7. The van der Waals surface area contributed by atoms with Gasteiger partial charge in [0.15, 0.2) is 0 Å². The predicted molar refractivity (Wildman–Crippen MR) is 93.2 cm³/mol. The van der Waals surface area contributed by atoms with Crippen molar-refractivity contribution >= 4 is 11.0 Å². The number of rotatable bonds is 4. The van der Waals surface area contributed by atoms with E-state index in [9.17, 15) is 0 Å². The van der Waals surface area contributed by atoms with Gasteiger partial charge in [-0.25, -0.2) is 4.68 Å². The van der Waals surface area contributed by atoms with Crippen LogP contribution >= 0.6 is 0 Å². The van der Waals surface area contributed by atoms with Crippen LogP contribution in [0.1, 0.15) is 19.9 Å². The van der Waals surface area contributed by atoms with Crippen LogP contribution in [0.2, 0.25) is 0 Å². The molecule has 4 aromatic rings. The number of benzene rings is 2. The van der Waals surface area contributed by atoms with E-state index < -0.39 is 0 Å². The highest BCUT2D eigenvalue weighted by Crippen LogP contribution is 2.31. The lowest BCUT2D eigenvalue weighted by Crippen LogP contribution is -2.02. The number of hydrogen-bond donors (Lipinski definition) is 0. The van der Waals surface area contributed by atoms with Gasteiger partial charge in [-0.05, 0) is 38.1 Å². The quantitative estimate of drug-likeness (QED) is 0.565. The Morgan fingerprint density at radius 2 is 1.84 bits per heavy atom. The molecule has 0 aliphatic heterocycles. The number of ether oxygens (including phenoxy) is 1. The van der Waals surface area contributed by atoms with Crippen LogP contribution in [0.5, 0.6) is 5.75 Å². The molecule has 0 radical (unpaired) electrons. The minimum atomic E-state index is 0.215. The third-order valence-corrected chi connectivity index (χ3v) is 4.00. The standard InChI is InChI=1S/C18H17N5O2/c1-11(2)23-14-9-6-8-13(16(14)20-22-23)18-19-17(21-25-18)12-7-4-5-10-15(12)24-3/h4-11H,1-3H3. The first kappa shape index (κ1) is 15.3. The molecule has 2 heterocycles. The van der Waals surface area contributed by atoms with Gasteiger partial charge < -0.3 is 9.26 Å². The number of methoxy groups -OCH3 is 1. The highest BCUT2D eigenvalue weighted by Gasteiger charge is 2.18. The van der Waals surface area contributed by atoms with E-state index in [4.69, 9.17) is 9.26 Å². The second-order valence-electron chi connectivity index (χ2n) is 5.92. The Hall–Kier alpha value is -3.22. The van der Waals surface area contributed by atoms with Crippen LogP contribution in [-0.4, -0.2) is 32.2 Å². The van der Waals surface area contributed by atoms with Crippen molar-refractivity contribution in [2.45, 2.75) is 19.9 Å². The summed E-state index contributed by atoms with van der Waals surface area (Å²) in [6.45, 7) is 4.13. The molecule has 0 N–H and O–H groups in total. The van der Waals surface area contributed by atoms with Crippen LogP contribution in [0.3, 0.4) is 0 Å². The first-order valence-electron chi connectivity index (χ1n) is 8.00. The maximum absolute atomic E-state index is 5.49. The number of fused-ring (bicyclic) bond motifs is 1. The lowest BCUT2D eigenvalue weighted by molar-refractivity contribution is 0.413. The Balaban J connectivity index is 1.82. The minimum absolute atomic E-state index is 0.215. The van der Waals surface area contributed by atoms with Crippen LogP contribution in [-0.2, 0) is 0 Å². The molecule has 0 atom stereocenters. The zero-order chi connectivity index (χ0) is 17.4. The summed E-state index contributed by atoms with van der Waals surface area (Å²) in [5.74, 6) is 1.57. The third-order valence-electron chi connectivity index (χ3n) is 4.00. The van der Waals surface area contributed by atoms with Crippen molar-refractivity contribution in [3.05, 3.63) is 42.5 Å². The minimum Gasteiger partial charge on any atom is -0.496 e. The Kier molecular flexibility index (Phi) is 3.68. The molecule has 0 saturated heterocycles. The Labute approximate surface area is 144 Å². The van der Waals surface area contributed by atoms with Crippen molar-refractivity contribution in [3.8, 4) is 28.6 Å². The van der Waals surface area contributed by atoms with Gasteiger partial charge in [0.25, 0.3) is 5.89 Å². The van der Waals surface area contributed by atoms with Crippen LogP contribution in [0, 0.1) is 0 Å². The third kappa shape index (κ3) is 2.53. The van der Waals surface area contributed by atoms with Gasteiger partial charge >= 0.3 is 0 Å². The molecule has 0 spiro atoms. The van der Waals surface area contributed by atoms with Crippen molar-refractivity contribution in [2.24, 2.45) is 0 Å². The molecule has 0 bridgehead atoms. The fraction of sp³-hybridized carbons (Fsp3) is 0.222. The SMILES string of the molecule is COc1ccccc1-c1noc(-c2cccc3c2nnn3C(C)C)n1. The summed E-state index contributed by atoms with van der Waals surface area (Å²) >= 11 is 0. The van der Waals surface area contributed by atoms with Gasteiger partial charge in [-0.1, -0.05) is 28.6 Å². The second kappa shape index (κ2) is 6.01. The Morgan fingerprint density at radius 1 is 1.04 bits per heavy atom. The lowest BCUT2D eigenvalue weighted by atomic mass is 10.1. The highest BCUT2D eigenvalue weighted by atomic mass is 16.5. The molecule has 25 heavy (non-hydrogen) atoms. The first-order valence-corrected chi connectivity index (χ1v) is 8.00. The fourth-order valence-electron chi connectivity index (χ4n) is 2.79. The molecule has 2 aromatic heterocycles. The normalized spacial score (nSPS) is 11.4. The highest BCUT2D eigenvalue weighted by molar-refractivity contribution is 5.89. The van der Waals surface area contributed by atoms with Gasteiger partial charge in [-0.2, -0.15) is 4.98 Å². The van der Waals surface area contributed by atoms with Crippen molar-refractivity contribution in [1.29, 1.82) is 0 Å². The molecule has 4 rings (SSSR count). The van der Waals surface area contributed by atoms with E-state index in [2.05, 4.69) is 34.3 Å². The van der Waals surface area contributed by atoms with Crippen molar-refractivity contribution in [2.75, 3.05) is 7.11 Å². The van der Waals surface area contributed by atoms with Crippen molar-refractivity contribution < 1.29 is 9.26 Å². The molecular formula is C18H17N5O2. The zero-order valence-electron chi connectivity index (χ0n) is 14.2. The maximum atomic E-state index is 5.49. The Bertz CT molecular complexity index is 1030. The van der Waals surface area contributed by atoms with E-state index in [1.807, 2.05) is 47.1 Å². The van der Waals surface area contributed by atoms with Gasteiger partial charge in [-0.3, -0.25) is 0 Å². The first-order chi connectivity index (χ1) is 12.2. The molecule has 0 aliphatic carbocycles.